The van der Waals surface area contributed by atoms with Gasteiger partial charge in [0.1, 0.15) is 16.8 Å². The summed E-state index contributed by atoms with van der Waals surface area (Å²) in [6.45, 7) is 0.376. The molecule has 2 aromatic carbocycles. The summed E-state index contributed by atoms with van der Waals surface area (Å²) in [7, 11) is -7.90. The van der Waals surface area contributed by atoms with Gasteiger partial charge in [-0.1, -0.05) is 24.3 Å². The lowest BCUT2D eigenvalue weighted by Crippen LogP contribution is -2.46. The molecule has 3 rings (SSSR count). The molecule has 3 N–H and O–H groups in total. The number of carbonyl (C=O) groups excluding carboxylic acids is 1. The third kappa shape index (κ3) is 4.86. The molecule has 0 unspecified atom stereocenters. The van der Waals surface area contributed by atoms with Crippen LogP contribution in [0.1, 0.15) is 18.4 Å². The molecule has 2 aromatic rings. The molecule has 1 aliphatic rings. The highest BCUT2D eigenvalue weighted by molar-refractivity contribution is 7.89. The van der Waals surface area contributed by atoms with E-state index in [1.165, 1.54) is 30.3 Å². The van der Waals surface area contributed by atoms with E-state index >= 15 is 0 Å². The van der Waals surface area contributed by atoms with Crippen LogP contribution in [0, 0.1) is 5.82 Å². The number of sulfonamides is 2. The van der Waals surface area contributed by atoms with Gasteiger partial charge in [-0.25, -0.2) is 26.4 Å². The van der Waals surface area contributed by atoms with Crippen LogP contribution in [0.4, 0.5) is 4.39 Å². The molecule has 1 aliphatic heterocycles. The second-order valence-corrected chi connectivity index (χ2v) is 10.4. The summed E-state index contributed by atoms with van der Waals surface area (Å²) in [4.78, 5) is 12.1. The lowest BCUT2D eigenvalue weighted by molar-refractivity contribution is -0.124. The number of primary sulfonamides is 1. The van der Waals surface area contributed by atoms with Crippen LogP contribution in [0.15, 0.2) is 58.3 Å². The summed E-state index contributed by atoms with van der Waals surface area (Å²) < 4.78 is 63.2. The molecule has 162 valence electrons. The first-order valence-electron chi connectivity index (χ1n) is 9.26. The van der Waals surface area contributed by atoms with Crippen LogP contribution in [0.25, 0.3) is 0 Å². The minimum atomic E-state index is -4.13. The lowest BCUT2D eigenvalue weighted by Gasteiger charge is -2.23. The van der Waals surface area contributed by atoms with Crippen LogP contribution < -0.4 is 10.5 Å². The zero-order chi connectivity index (χ0) is 21.9. The third-order valence-corrected chi connectivity index (χ3v) is 7.77. The predicted molar refractivity (Wildman–Crippen MR) is 108 cm³/mol. The van der Waals surface area contributed by atoms with Crippen molar-refractivity contribution < 1.29 is 26.0 Å². The number of hydrogen-bond acceptors (Lipinski definition) is 5. The molecule has 0 bridgehead atoms. The van der Waals surface area contributed by atoms with Crippen molar-refractivity contribution in [2.45, 2.75) is 35.1 Å². The van der Waals surface area contributed by atoms with Crippen molar-refractivity contribution in [2.75, 3.05) is 13.1 Å². The van der Waals surface area contributed by atoms with Crippen molar-refractivity contribution in [1.82, 2.24) is 9.62 Å². The maximum Gasteiger partial charge on any atom is 0.246 e. The molecule has 11 heteroatoms. The van der Waals surface area contributed by atoms with Gasteiger partial charge in [0.15, 0.2) is 0 Å². The molecule has 1 atom stereocenters. The van der Waals surface area contributed by atoms with Crippen LogP contribution in [0.3, 0.4) is 0 Å². The topological polar surface area (TPSA) is 127 Å². The normalized spacial score (nSPS) is 17.7. The number of carbonyl (C=O) groups is 1. The van der Waals surface area contributed by atoms with E-state index in [4.69, 9.17) is 5.14 Å². The van der Waals surface area contributed by atoms with Crippen molar-refractivity contribution in [1.29, 1.82) is 0 Å². The Kier molecular flexibility index (Phi) is 6.56. The molecule has 30 heavy (non-hydrogen) atoms. The van der Waals surface area contributed by atoms with E-state index < -0.39 is 42.7 Å². The van der Waals surface area contributed by atoms with Crippen molar-refractivity contribution >= 4 is 26.0 Å². The molecule has 1 fully saturated rings. The zero-order valence-electron chi connectivity index (χ0n) is 16.0. The fourth-order valence-corrected chi connectivity index (χ4v) is 5.60. The number of rotatable bonds is 7. The highest BCUT2D eigenvalue weighted by Crippen LogP contribution is 2.27. The number of hydrogen-bond donors (Lipinski definition) is 2. The largest absolute Gasteiger partial charge is 0.354 e. The van der Waals surface area contributed by atoms with Gasteiger partial charge in [0.2, 0.25) is 26.0 Å². The number of halogens is 1. The predicted octanol–water partition coefficient (Wildman–Crippen LogP) is 0.985. The summed E-state index contributed by atoms with van der Waals surface area (Å²) in [5.74, 6) is -1.31. The molecule has 0 aliphatic carbocycles. The van der Waals surface area contributed by atoms with Crippen LogP contribution >= 0.6 is 0 Å². The minimum absolute atomic E-state index is 0.00441. The summed E-state index contributed by atoms with van der Waals surface area (Å²) in [5, 5.41) is 7.76. The first-order valence-corrected chi connectivity index (χ1v) is 12.2. The van der Waals surface area contributed by atoms with Gasteiger partial charge in [-0.2, -0.15) is 4.31 Å². The van der Waals surface area contributed by atoms with Crippen LogP contribution in [0.2, 0.25) is 0 Å². The summed E-state index contributed by atoms with van der Waals surface area (Å²) in [5.41, 5.74) is 0.782. The maximum atomic E-state index is 14.0. The molecule has 1 heterocycles. The Labute approximate surface area is 175 Å². The average Bonchev–Trinajstić information content (AvgIpc) is 3.19. The molecule has 1 amide bonds. The van der Waals surface area contributed by atoms with Crippen molar-refractivity contribution in [2.24, 2.45) is 5.14 Å². The Balaban J connectivity index is 1.63. The van der Waals surface area contributed by atoms with E-state index in [9.17, 15) is 26.0 Å². The van der Waals surface area contributed by atoms with Gasteiger partial charge in [0.25, 0.3) is 0 Å². The second kappa shape index (κ2) is 8.80. The fourth-order valence-electron chi connectivity index (χ4n) is 3.36. The summed E-state index contributed by atoms with van der Waals surface area (Å²) in [6.07, 6.45) is 1.27. The maximum absolute atomic E-state index is 14.0. The van der Waals surface area contributed by atoms with Gasteiger partial charge < -0.3 is 5.32 Å². The van der Waals surface area contributed by atoms with E-state index in [1.807, 2.05) is 0 Å². The van der Waals surface area contributed by atoms with Gasteiger partial charge in [-0.3, -0.25) is 4.79 Å². The molecule has 0 aromatic heterocycles. The van der Waals surface area contributed by atoms with E-state index in [-0.39, 0.29) is 18.0 Å². The van der Waals surface area contributed by atoms with Crippen LogP contribution in [-0.2, 0) is 31.3 Å². The number of benzene rings is 2. The summed E-state index contributed by atoms with van der Waals surface area (Å²) >= 11 is 0. The molecule has 1 saturated heterocycles. The SMILES string of the molecule is NS(=O)(=O)c1ccc(CCNC(=O)[C@@H]2CCCN2S(=O)(=O)c2ccccc2F)cc1. The van der Waals surface area contributed by atoms with Crippen molar-refractivity contribution in [3.05, 3.63) is 59.9 Å². The minimum Gasteiger partial charge on any atom is -0.354 e. The Morgan fingerprint density at radius 3 is 2.40 bits per heavy atom. The molecular weight excluding hydrogens is 433 g/mol. The number of nitrogens with one attached hydrogen (secondary N) is 1. The third-order valence-electron chi connectivity index (χ3n) is 4.89. The number of nitrogens with two attached hydrogens (primary N) is 1. The van der Waals surface area contributed by atoms with Gasteiger partial charge in [0.05, 0.1) is 4.90 Å². The first-order chi connectivity index (χ1) is 14.1. The fraction of sp³-hybridized carbons (Fsp3) is 0.316. The van der Waals surface area contributed by atoms with E-state index in [2.05, 4.69) is 5.32 Å². The smallest absolute Gasteiger partial charge is 0.246 e. The average molecular weight is 456 g/mol. The van der Waals surface area contributed by atoms with Gasteiger partial charge >= 0.3 is 0 Å². The second-order valence-electron chi connectivity index (χ2n) is 6.93. The Hall–Kier alpha value is -2.34. The van der Waals surface area contributed by atoms with Crippen molar-refractivity contribution in [3.8, 4) is 0 Å². The molecule has 0 radical (unpaired) electrons. The standard InChI is InChI=1S/C19H22FN3O5S2/c20-16-4-1-2-6-18(16)30(27,28)23-13-3-5-17(23)19(24)22-12-11-14-7-9-15(10-8-14)29(21,25)26/h1-2,4,6-10,17H,3,5,11-13H2,(H,22,24)(H2,21,25,26)/t17-/m0/s1. The highest BCUT2D eigenvalue weighted by Gasteiger charge is 2.40. The quantitative estimate of drug-likeness (QED) is 0.644. The summed E-state index contributed by atoms with van der Waals surface area (Å²) in [6, 6.07) is 10.1. The number of amides is 1. The van der Waals surface area contributed by atoms with Gasteiger partial charge in [-0.05, 0) is 49.1 Å². The highest BCUT2D eigenvalue weighted by atomic mass is 32.2. The van der Waals surface area contributed by atoms with E-state index in [0.29, 0.717) is 19.3 Å². The Morgan fingerprint density at radius 2 is 1.77 bits per heavy atom. The van der Waals surface area contributed by atoms with Gasteiger partial charge in [0, 0.05) is 13.1 Å². The Bertz CT molecular complexity index is 1140. The molecule has 0 spiro atoms. The van der Waals surface area contributed by atoms with Crippen LogP contribution in [-0.4, -0.2) is 46.2 Å². The Morgan fingerprint density at radius 1 is 1.10 bits per heavy atom. The molecular formula is C19H22FN3O5S2. The zero-order valence-corrected chi connectivity index (χ0v) is 17.6. The molecule has 0 saturated carbocycles. The van der Waals surface area contributed by atoms with Crippen LogP contribution in [0.5, 0.6) is 0 Å². The lowest BCUT2D eigenvalue weighted by atomic mass is 10.1. The molecule has 8 nitrogen and oxygen atoms in total. The van der Waals surface area contributed by atoms with Crippen molar-refractivity contribution in [3.63, 3.8) is 0 Å². The van der Waals surface area contributed by atoms with Gasteiger partial charge in [-0.15, -0.1) is 0 Å². The van der Waals surface area contributed by atoms with E-state index in [1.54, 1.807) is 12.1 Å². The first kappa shape index (κ1) is 22.3. The number of nitrogens with zero attached hydrogens (tertiary/aromatic N) is 1. The monoisotopic (exact) mass is 455 g/mol. The van der Waals surface area contributed by atoms with E-state index in [0.717, 1.165) is 15.9 Å².